The van der Waals surface area contributed by atoms with Gasteiger partial charge in [0.15, 0.2) is 0 Å². The predicted molar refractivity (Wildman–Crippen MR) is 92.9 cm³/mol. The molecule has 6 nitrogen and oxygen atoms in total. The number of carboxylic acid groups (broad SMARTS) is 1. The summed E-state index contributed by atoms with van der Waals surface area (Å²) in [6.07, 6.45) is 4.22. The van der Waals surface area contributed by atoms with E-state index in [0.29, 0.717) is 11.0 Å². The molecule has 0 radical (unpaired) electrons. The topological polar surface area (TPSA) is 80.5 Å². The van der Waals surface area contributed by atoms with Gasteiger partial charge in [-0.1, -0.05) is 0 Å². The molecule has 1 aromatic heterocycles. The number of anilines is 1. The molecule has 0 saturated carbocycles. The van der Waals surface area contributed by atoms with Gasteiger partial charge in [-0.15, -0.1) is 0 Å². The molecule has 2 fully saturated rings. The number of carbonyl (C=O) groups is 1. The lowest BCUT2D eigenvalue weighted by Crippen LogP contribution is -2.41. The van der Waals surface area contributed by atoms with Gasteiger partial charge in [-0.2, -0.15) is 5.26 Å². The molecule has 2 aliphatic heterocycles. The van der Waals surface area contributed by atoms with E-state index < -0.39 is 0 Å². The van der Waals surface area contributed by atoms with Crippen molar-refractivity contribution in [3.8, 4) is 6.07 Å². The van der Waals surface area contributed by atoms with Gasteiger partial charge in [0.2, 0.25) is 0 Å². The Kier molecular flexibility index (Phi) is 5.45. The second kappa shape index (κ2) is 7.18. The molecule has 1 N–H and O–H groups in total. The highest BCUT2D eigenvalue weighted by atomic mass is 16.3. The zero-order valence-corrected chi connectivity index (χ0v) is 14.7. The molecular weight excluding hydrogens is 304 g/mol. The first-order chi connectivity index (χ1) is 11.3. The summed E-state index contributed by atoms with van der Waals surface area (Å²) in [5.41, 5.74) is 1.33. The molecule has 2 saturated heterocycles. The molecule has 0 bridgehead atoms. The summed E-state index contributed by atoms with van der Waals surface area (Å²) in [7, 11) is 0. The summed E-state index contributed by atoms with van der Waals surface area (Å²) in [6, 6.07) is 5.97. The lowest BCUT2D eigenvalue weighted by Gasteiger charge is -2.33. The molecule has 0 aromatic carbocycles. The van der Waals surface area contributed by atoms with E-state index in [-0.39, 0.29) is 12.0 Å². The molecule has 130 valence electrons. The van der Waals surface area contributed by atoms with Gasteiger partial charge < -0.3 is 10.0 Å². The summed E-state index contributed by atoms with van der Waals surface area (Å²) in [5, 5.41) is 15.7. The molecule has 3 heterocycles. The second-order valence-corrected chi connectivity index (χ2v) is 7.64. The quantitative estimate of drug-likeness (QED) is 0.796. The predicted octanol–water partition coefficient (Wildman–Crippen LogP) is 2.35. The van der Waals surface area contributed by atoms with Gasteiger partial charge in [0.05, 0.1) is 5.56 Å². The van der Waals surface area contributed by atoms with Crippen LogP contribution in [0.25, 0.3) is 0 Å². The lowest BCUT2D eigenvalue weighted by atomic mass is 9.86. The van der Waals surface area contributed by atoms with E-state index >= 15 is 0 Å². The van der Waals surface area contributed by atoms with Crippen LogP contribution in [-0.2, 0) is 4.79 Å². The van der Waals surface area contributed by atoms with Crippen molar-refractivity contribution in [1.29, 1.82) is 5.26 Å². The van der Waals surface area contributed by atoms with Crippen molar-refractivity contribution in [3.63, 3.8) is 0 Å². The van der Waals surface area contributed by atoms with Gasteiger partial charge in [-0.25, -0.2) is 4.98 Å². The van der Waals surface area contributed by atoms with E-state index in [9.17, 15) is 0 Å². The minimum atomic E-state index is -0.250. The van der Waals surface area contributed by atoms with Gasteiger partial charge in [-0.3, -0.25) is 9.69 Å². The summed E-state index contributed by atoms with van der Waals surface area (Å²) < 4.78 is 0. The van der Waals surface area contributed by atoms with Crippen molar-refractivity contribution < 1.29 is 9.90 Å². The number of hydrogen-bond donors (Lipinski definition) is 1. The van der Waals surface area contributed by atoms with Gasteiger partial charge in [-0.05, 0) is 52.3 Å². The molecule has 2 aliphatic rings. The van der Waals surface area contributed by atoms with Crippen LogP contribution >= 0.6 is 0 Å². The Bertz CT molecular complexity index is 603. The largest absolute Gasteiger partial charge is 0.483 e. The Morgan fingerprint density at radius 2 is 1.96 bits per heavy atom. The van der Waals surface area contributed by atoms with Crippen molar-refractivity contribution in [2.75, 3.05) is 31.1 Å². The van der Waals surface area contributed by atoms with Gasteiger partial charge in [0.25, 0.3) is 6.47 Å². The standard InChI is InChI=1S/C17H24N4.CH2O2/c1-16(2,3)21-9-7-17(13-21)6-8-20(12-17)15-5-4-14(10-18)11-19-15;2-1-3/h4-5,11H,6-9,12-13H2,1-3H3;1H,(H,2,3). The first kappa shape index (κ1) is 18.2. The molecule has 24 heavy (non-hydrogen) atoms. The normalized spacial score (nSPS) is 23.7. The van der Waals surface area contributed by atoms with Crippen LogP contribution in [-0.4, -0.2) is 53.2 Å². The number of nitriles is 1. The van der Waals surface area contributed by atoms with E-state index in [1.807, 2.05) is 12.1 Å². The number of rotatable bonds is 1. The second-order valence-electron chi connectivity index (χ2n) is 7.64. The molecule has 6 heteroatoms. The summed E-state index contributed by atoms with van der Waals surface area (Å²) in [6.45, 7) is 11.2. The average Bonchev–Trinajstić information content (AvgIpc) is 3.16. The minimum absolute atomic E-state index is 0.250. The maximum Gasteiger partial charge on any atom is 0.290 e. The van der Waals surface area contributed by atoms with Crippen molar-refractivity contribution in [3.05, 3.63) is 23.9 Å². The van der Waals surface area contributed by atoms with Crippen molar-refractivity contribution >= 4 is 12.3 Å². The van der Waals surface area contributed by atoms with E-state index in [2.05, 4.69) is 41.6 Å². The fourth-order valence-corrected chi connectivity index (χ4v) is 3.61. The minimum Gasteiger partial charge on any atom is -0.483 e. The highest BCUT2D eigenvalue weighted by Crippen LogP contribution is 2.42. The van der Waals surface area contributed by atoms with E-state index in [4.69, 9.17) is 15.2 Å². The molecule has 1 unspecified atom stereocenters. The number of aromatic nitrogens is 1. The Hall–Kier alpha value is -2.13. The fourth-order valence-electron chi connectivity index (χ4n) is 3.61. The Balaban J connectivity index is 0.000000647. The SMILES string of the molecule is CC(C)(C)N1CCC2(CCN(c3ccc(C#N)cn3)C2)C1.O=CO. The van der Waals surface area contributed by atoms with Crippen molar-refractivity contribution in [1.82, 2.24) is 9.88 Å². The van der Waals surface area contributed by atoms with Crippen molar-refractivity contribution in [2.45, 2.75) is 39.2 Å². The van der Waals surface area contributed by atoms with Crippen LogP contribution in [0.5, 0.6) is 0 Å². The third-order valence-corrected chi connectivity index (χ3v) is 5.03. The molecule has 1 atom stereocenters. The molecule has 0 amide bonds. The Labute approximate surface area is 143 Å². The van der Waals surface area contributed by atoms with Crippen LogP contribution in [0.3, 0.4) is 0 Å². The fraction of sp³-hybridized carbons (Fsp3) is 0.611. The molecule has 0 aliphatic carbocycles. The molecule has 1 spiro atoms. The van der Waals surface area contributed by atoms with Crippen molar-refractivity contribution in [2.24, 2.45) is 5.41 Å². The van der Waals surface area contributed by atoms with Crippen LogP contribution < -0.4 is 4.90 Å². The van der Waals surface area contributed by atoms with Crippen LogP contribution in [0.15, 0.2) is 18.3 Å². The molecule has 1 aromatic rings. The van der Waals surface area contributed by atoms with Crippen LogP contribution in [0.4, 0.5) is 5.82 Å². The molecular formula is C18H26N4O2. The average molecular weight is 330 g/mol. The number of likely N-dealkylation sites (tertiary alicyclic amines) is 1. The van der Waals surface area contributed by atoms with E-state index in [0.717, 1.165) is 18.9 Å². The van der Waals surface area contributed by atoms with Gasteiger partial charge in [0, 0.05) is 36.8 Å². The third kappa shape index (κ3) is 4.04. The maximum atomic E-state index is 8.86. The monoisotopic (exact) mass is 330 g/mol. The van der Waals surface area contributed by atoms with Gasteiger partial charge in [0.1, 0.15) is 11.9 Å². The zero-order valence-electron chi connectivity index (χ0n) is 14.7. The number of hydrogen-bond acceptors (Lipinski definition) is 5. The Morgan fingerprint density at radius 3 is 2.46 bits per heavy atom. The maximum absolute atomic E-state index is 8.86. The number of nitrogens with zero attached hydrogens (tertiary/aromatic N) is 4. The van der Waals surface area contributed by atoms with Crippen LogP contribution in [0.2, 0.25) is 0 Å². The van der Waals surface area contributed by atoms with Crippen LogP contribution in [0, 0.1) is 16.7 Å². The smallest absolute Gasteiger partial charge is 0.290 e. The summed E-state index contributed by atoms with van der Waals surface area (Å²) >= 11 is 0. The third-order valence-electron chi connectivity index (χ3n) is 5.03. The van der Waals surface area contributed by atoms with Gasteiger partial charge >= 0.3 is 0 Å². The van der Waals surface area contributed by atoms with E-state index in [1.54, 1.807) is 6.20 Å². The molecule has 3 rings (SSSR count). The first-order valence-corrected chi connectivity index (χ1v) is 8.28. The highest BCUT2D eigenvalue weighted by molar-refractivity contribution is 5.43. The Morgan fingerprint density at radius 1 is 1.29 bits per heavy atom. The summed E-state index contributed by atoms with van der Waals surface area (Å²) in [4.78, 5) is 17.8. The number of pyridine rings is 1. The first-order valence-electron chi connectivity index (χ1n) is 8.28. The highest BCUT2D eigenvalue weighted by Gasteiger charge is 2.45. The van der Waals surface area contributed by atoms with Crippen LogP contribution in [0.1, 0.15) is 39.2 Å². The zero-order chi connectivity index (χ0) is 17.8. The lowest BCUT2D eigenvalue weighted by molar-refractivity contribution is -0.122. The van der Waals surface area contributed by atoms with E-state index in [1.165, 1.54) is 25.9 Å². The summed E-state index contributed by atoms with van der Waals surface area (Å²) in [5.74, 6) is 1.01.